The summed E-state index contributed by atoms with van der Waals surface area (Å²) < 4.78 is 0. The molecule has 0 N–H and O–H groups in total. The van der Waals surface area contributed by atoms with Crippen molar-refractivity contribution in [2.45, 2.75) is 13.0 Å². The number of hydrogen-bond acceptors (Lipinski definition) is 2. The van der Waals surface area contributed by atoms with E-state index in [0.717, 1.165) is 6.04 Å². The van der Waals surface area contributed by atoms with Crippen LogP contribution in [0.1, 0.15) is 6.92 Å². The molecule has 0 aromatic heterocycles. The molecule has 0 aromatic rings. The Labute approximate surface area is 57.4 Å². The minimum atomic E-state index is 0.824. The van der Waals surface area contributed by atoms with Crippen molar-refractivity contribution < 1.29 is 0 Å². The molecule has 2 nitrogen and oxygen atoms in total. The molecule has 0 aromatic carbocycles. The molecule has 1 fully saturated rings. The fourth-order valence-corrected chi connectivity index (χ4v) is 1.13. The van der Waals surface area contributed by atoms with E-state index < -0.39 is 0 Å². The molecule has 0 aliphatic carbocycles. The summed E-state index contributed by atoms with van der Waals surface area (Å²) in [6.45, 7) is 5.96. The first-order chi connectivity index (χ1) is 4.24. The van der Waals surface area contributed by atoms with E-state index in [1.54, 1.807) is 0 Å². The molecule has 9 heavy (non-hydrogen) atoms. The van der Waals surface area contributed by atoms with Crippen molar-refractivity contribution in [2.75, 3.05) is 33.7 Å². The van der Waals surface area contributed by atoms with Gasteiger partial charge in [-0.15, -0.1) is 0 Å². The first kappa shape index (κ1) is 7.03. The lowest BCUT2D eigenvalue weighted by Gasteiger charge is -2.42. The predicted octanol–water partition coefficient (Wildman–Crippen LogP) is 0.252. The van der Waals surface area contributed by atoms with Gasteiger partial charge in [0, 0.05) is 19.1 Å². The molecular weight excluding hydrogens is 112 g/mol. The first-order valence-corrected chi connectivity index (χ1v) is 3.62. The van der Waals surface area contributed by atoms with Crippen molar-refractivity contribution in [3.63, 3.8) is 0 Å². The molecule has 0 amide bonds. The largest absolute Gasteiger partial charge is 0.304 e. The summed E-state index contributed by atoms with van der Waals surface area (Å²) in [5.41, 5.74) is 0. The summed E-state index contributed by atoms with van der Waals surface area (Å²) in [5.74, 6) is 0. The second-order valence-corrected chi connectivity index (χ2v) is 2.97. The van der Waals surface area contributed by atoms with Crippen molar-refractivity contribution in [3.8, 4) is 0 Å². The molecule has 1 saturated heterocycles. The highest BCUT2D eigenvalue weighted by Crippen LogP contribution is 2.10. The highest BCUT2D eigenvalue weighted by molar-refractivity contribution is 4.84. The lowest BCUT2D eigenvalue weighted by molar-refractivity contribution is 0.0688. The molecule has 0 atom stereocenters. The van der Waals surface area contributed by atoms with Gasteiger partial charge in [0.1, 0.15) is 0 Å². The van der Waals surface area contributed by atoms with Crippen LogP contribution >= 0.6 is 0 Å². The zero-order valence-corrected chi connectivity index (χ0v) is 6.59. The highest BCUT2D eigenvalue weighted by atomic mass is 15.3. The average Bonchev–Trinajstić information content (AvgIpc) is 1.61. The van der Waals surface area contributed by atoms with Crippen LogP contribution in [0.2, 0.25) is 0 Å². The van der Waals surface area contributed by atoms with Gasteiger partial charge in [-0.2, -0.15) is 0 Å². The molecule has 1 heterocycles. The summed E-state index contributed by atoms with van der Waals surface area (Å²) in [5, 5.41) is 0. The van der Waals surface area contributed by atoms with E-state index in [2.05, 4.69) is 30.8 Å². The van der Waals surface area contributed by atoms with Crippen LogP contribution in [0, 0.1) is 0 Å². The lowest BCUT2D eigenvalue weighted by Crippen LogP contribution is -2.56. The Morgan fingerprint density at radius 3 is 2.33 bits per heavy atom. The third-order valence-electron chi connectivity index (χ3n) is 2.12. The fraction of sp³-hybridized carbons (Fsp3) is 1.00. The minimum absolute atomic E-state index is 0.824. The van der Waals surface area contributed by atoms with Gasteiger partial charge < -0.3 is 9.80 Å². The van der Waals surface area contributed by atoms with Gasteiger partial charge >= 0.3 is 0 Å². The molecule has 1 rings (SSSR count). The Hall–Kier alpha value is -0.0800. The van der Waals surface area contributed by atoms with Gasteiger partial charge in [0.05, 0.1) is 0 Å². The molecule has 54 valence electrons. The molecule has 1 aliphatic heterocycles. The van der Waals surface area contributed by atoms with Gasteiger partial charge in [-0.1, -0.05) is 6.92 Å². The summed E-state index contributed by atoms with van der Waals surface area (Å²) in [7, 11) is 4.30. The van der Waals surface area contributed by atoms with Gasteiger partial charge in [0.15, 0.2) is 0 Å². The molecule has 0 saturated carbocycles. The number of nitrogens with zero attached hydrogens (tertiary/aromatic N) is 2. The van der Waals surface area contributed by atoms with E-state index in [1.807, 2.05) is 0 Å². The Bertz CT molecular complexity index is 84.9. The predicted molar refractivity (Wildman–Crippen MR) is 39.6 cm³/mol. The number of likely N-dealkylation sites (tertiary alicyclic amines) is 1. The van der Waals surface area contributed by atoms with E-state index >= 15 is 0 Å². The van der Waals surface area contributed by atoms with Crippen molar-refractivity contribution in [2.24, 2.45) is 0 Å². The molecule has 2 heteroatoms. The van der Waals surface area contributed by atoms with E-state index in [9.17, 15) is 0 Å². The van der Waals surface area contributed by atoms with Crippen LogP contribution in [0.3, 0.4) is 0 Å². The third-order valence-corrected chi connectivity index (χ3v) is 2.12. The fourth-order valence-electron chi connectivity index (χ4n) is 1.13. The van der Waals surface area contributed by atoms with Gasteiger partial charge in [0.2, 0.25) is 0 Å². The van der Waals surface area contributed by atoms with Crippen molar-refractivity contribution in [1.82, 2.24) is 9.80 Å². The third kappa shape index (κ3) is 1.43. The summed E-state index contributed by atoms with van der Waals surface area (Å²) in [6, 6.07) is 0.824. The van der Waals surface area contributed by atoms with Gasteiger partial charge in [0.25, 0.3) is 0 Å². The SMILES string of the molecule is CCN1CC(N(C)C)C1. The Balaban J connectivity index is 2.12. The van der Waals surface area contributed by atoms with E-state index in [1.165, 1.54) is 19.6 Å². The highest BCUT2D eigenvalue weighted by Gasteiger charge is 2.25. The molecule has 1 aliphatic rings. The summed E-state index contributed by atoms with van der Waals surface area (Å²) in [4.78, 5) is 4.75. The van der Waals surface area contributed by atoms with Crippen molar-refractivity contribution in [1.29, 1.82) is 0 Å². The maximum atomic E-state index is 2.45. The van der Waals surface area contributed by atoms with Crippen molar-refractivity contribution in [3.05, 3.63) is 0 Å². The summed E-state index contributed by atoms with van der Waals surface area (Å²) >= 11 is 0. The smallest absolute Gasteiger partial charge is 0.0344 e. The first-order valence-electron chi connectivity index (χ1n) is 3.62. The Morgan fingerprint density at radius 1 is 1.44 bits per heavy atom. The summed E-state index contributed by atoms with van der Waals surface area (Å²) in [6.07, 6.45) is 0. The lowest BCUT2D eigenvalue weighted by atomic mass is 10.1. The van der Waals surface area contributed by atoms with Gasteiger partial charge in [-0.05, 0) is 20.6 Å². The van der Waals surface area contributed by atoms with E-state index in [4.69, 9.17) is 0 Å². The van der Waals surface area contributed by atoms with Crippen LogP contribution in [0.15, 0.2) is 0 Å². The zero-order valence-electron chi connectivity index (χ0n) is 6.59. The normalized spacial score (nSPS) is 22.7. The topological polar surface area (TPSA) is 6.48 Å². The monoisotopic (exact) mass is 128 g/mol. The van der Waals surface area contributed by atoms with Gasteiger partial charge in [-0.25, -0.2) is 0 Å². The number of rotatable bonds is 2. The molecule has 0 radical (unpaired) electrons. The molecule has 0 spiro atoms. The second kappa shape index (κ2) is 2.67. The van der Waals surface area contributed by atoms with Crippen LogP contribution in [0.25, 0.3) is 0 Å². The minimum Gasteiger partial charge on any atom is -0.304 e. The van der Waals surface area contributed by atoms with Crippen molar-refractivity contribution >= 4 is 0 Å². The Kier molecular flexibility index (Phi) is 2.09. The van der Waals surface area contributed by atoms with Crippen LogP contribution in [-0.2, 0) is 0 Å². The standard InChI is InChI=1S/C7H16N2/c1-4-9-5-7(6-9)8(2)3/h7H,4-6H2,1-3H3. The number of hydrogen-bond donors (Lipinski definition) is 0. The molecule has 0 bridgehead atoms. The van der Waals surface area contributed by atoms with Crippen LogP contribution in [0.5, 0.6) is 0 Å². The van der Waals surface area contributed by atoms with E-state index in [-0.39, 0.29) is 0 Å². The van der Waals surface area contributed by atoms with Gasteiger partial charge in [-0.3, -0.25) is 0 Å². The quantitative estimate of drug-likeness (QED) is 0.526. The maximum absolute atomic E-state index is 2.45. The maximum Gasteiger partial charge on any atom is 0.0344 e. The van der Waals surface area contributed by atoms with Crippen LogP contribution in [0.4, 0.5) is 0 Å². The van der Waals surface area contributed by atoms with Crippen LogP contribution in [-0.4, -0.2) is 49.6 Å². The molecule has 0 unspecified atom stereocenters. The van der Waals surface area contributed by atoms with E-state index in [0.29, 0.717) is 0 Å². The zero-order chi connectivity index (χ0) is 6.85. The second-order valence-electron chi connectivity index (χ2n) is 2.97. The van der Waals surface area contributed by atoms with Crippen LogP contribution < -0.4 is 0 Å². The number of likely N-dealkylation sites (N-methyl/N-ethyl adjacent to an activating group) is 2. The molecular formula is C7H16N2. The Morgan fingerprint density at radius 2 is 2.00 bits per heavy atom. The average molecular weight is 128 g/mol.